The molecule has 3 aromatic rings. The van der Waals surface area contributed by atoms with E-state index in [-0.39, 0.29) is 18.7 Å². The number of hydrogen-bond donors (Lipinski definition) is 3. The molecule has 0 saturated carbocycles. The average molecular weight is 397 g/mol. The summed E-state index contributed by atoms with van der Waals surface area (Å²) in [6.45, 7) is 1.94. The number of ether oxygens (including phenoxy) is 2. The van der Waals surface area contributed by atoms with Gasteiger partial charge in [-0.05, 0) is 42.7 Å². The Balaban J connectivity index is 1.75. The van der Waals surface area contributed by atoms with E-state index >= 15 is 0 Å². The molecule has 2 aromatic carbocycles. The van der Waals surface area contributed by atoms with Gasteiger partial charge in [0.05, 0.1) is 32.8 Å². The summed E-state index contributed by atoms with van der Waals surface area (Å²) in [4.78, 5) is 12.6. The van der Waals surface area contributed by atoms with Gasteiger partial charge in [0.25, 0.3) is 0 Å². The lowest BCUT2D eigenvalue weighted by Crippen LogP contribution is -2.48. The maximum absolute atomic E-state index is 12.6. The Labute approximate surface area is 169 Å². The molecule has 1 amide bonds. The number of para-hydroxylation sites is 1. The normalized spacial score (nSPS) is 11.9. The van der Waals surface area contributed by atoms with Crippen molar-refractivity contribution in [1.29, 1.82) is 0 Å². The molecule has 0 aliphatic heterocycles. The van der Waals surface area contributed by atoms with Crippen LogP contribution in [0.1, 0.15) is 16.7 Å². The smallest absolute Gasteiger partial charge is 0.475 e. The molecule has 0 radical (unpaired) electrons. The molecule has 0 bridgehead atoms. The highest BCUT2D eigenvalue weighted by Gasteiger charge is 2.27. The zero-order chi connectivity index (χ0) is 21.0. The Morgan fingerprint density at radius 1 is 1.17 bits per heavy atom. The summed E-state index contributed by atoms with van der Waals surface area (Å²) in [5.41, 5.74) is 3.17. The maximum atomic E-state index is 12.6. The van der Waals surface area contributed by atoms with E-state index in [0.717, 1.165) is 22.1 Å². The number of fused-ring (bicyclic) bond motifs is 1. The third-order valence-corrected chi connectivity index (χ3v) is 4.86. The molecule has 1 unspecified atom stereocenters. The van der Waals surface area contributed by atoms with E-state index in [4.69, 9.17) is 13.9 Å². The van der Waals surface area contributed by atoms with Gasteiger partial charge in [0.2, 0.25) is 5.91 Å². The average Bonchev–Trinajstić information content (AvgIpc) is 3.11. The van der Waals surface area contributed by atoms with E-state index in [1.807, 2.05) is 25.1 Å². The van der Waals surface area contributed by atoms with Gasteiger partial charge in [-0.2, -0.15) is 0 Å². The highest BCUT2D eigenvalue weighted by atomic mass is 16.5. The van der Waals surface area contributed by atoms with Crippen LogP contribution >= 0.6 is 0 Å². The number of amides is 1. The van der Waals surface area contributed by atoms with Gasteiger partial charge in [0.15, 0.2) is 0 Å². The Morgan fingerprint density at radius 2 is 1.97 bits per heavy atom. The van der Waals surface area contributed by atoms with Gasteiger partial charge >= 0.3 is 7.12 Å². The van der Waals surface area contributed by atoms with Gasteiger partial charge in [0.1, 0.15) is 17.1 Å². The van der Waals surface area contributed by atoms with Gasteiger partial charge in [-0.1, -0.05) is 18.2 Å². The third kappa shape index (κ3) is 4.72. The molecular formula is C21H24BNO6. The molecule has 1 heterocycles. The Kier molecular flexibility index (Phi) is 6.46. The molecule has 0 spiro atoms. The monoisotopic (exact) mass is 397 g/mol. The lowest BCUT2D eigenvalue weighted by Gasteiger charge is -2.18. The van der Waals surface area contributed by atoms with E-state index in [9.17, 15) is 14.8 Å². The van der Waals surface area contributed by atoms with Crippen LogP contribution in [-0.4, -0.2) is 43.2 Å². The van der Waals surface area contributed by atoms with Crippen molar-refractivity contribution in [3.05, 3.63) is 59.4 Å². The molecule has 1 aromatic heterocycles. The van der Waals surface area contributed by atoms with Crippen molar-refractivity contribution in [1.82, 2.24) is 5.32 Å². The summed E-state index contributed by atoms with van der Waals surface area (Å²) < 4.78 is 16.1. The van der Waals surface area contributed by atoms with Crippen LogP contribution in [0.15, 0.2) is 47.1 Å². The highest BCUT2D eigenvalue weighted by molar-refractivity contribution is 6.43. The number of carbonyl (C=O) groups excluding carboxylic acids is 1. The Hall–Kier alpha value is -2.97. The molecule has 0 saturated heterocycles. The van der Waals surface area contributed by atoms with Crippen molar-refractivity contribution in [2.75, 3.05) is 14.2 Å². The van der Waals surface area contributed by atoms with Gasteiger partial charge in [-0.25, -0.2) is 0 Å². The molecule has 152 valence electrons. The van der Waals surface area contributed by atoms with Gasteiger partial charge < -0.3 is 29.3 Å². The first kappa shape index (κ1) is 20.8. The second kappa shape index (κ2) is 9.02. The fraction of sp³-hybridized carbons (Fsp3) is 0.286. The zero-order valence-corrected chi connectivity index (χ0v) is 16.6. The fourth-order valence-corrected chi connectivity index (χ4v) is 3.33. The topological polar surface area (TPSA) is 101 Å². The van der Waals surface area contributed by atoms with Gasteiger partial charge in [-0.3, -0.25) is 4.79 Å². The fourth-order valence-electron chi connectivity index (χ4n) is 3.33. The van der Waals surface area contributed by atoms with Crippen LogP contribution in [0.2, 0.25) is 0 Å². The SMILES string of the molecule is COc1ccc(OC)c(CC(=O)NC(Cc2coc3c(C)cccc23)B(O)O)c1. The Morgan fingerprint density at radius 3 is 2.66 bits per heavy atom. The van der Waals surface area contributed by atoms with Crippen molar-refractivity contribution in [2.45, 2.75) is 25.7 Å². The van der Waals surface area contributed by atoms with E-state index in [2.05, 4.69) is 5.32 Å². The molecule has 3 N–H and O–H groups in total. The quantitative estimate of drug-likeness (QED) is 0.503. The van der Waals surface area contributed by atoms with Gasteiger partial charge in [-0.15, -0.1) is 0 Å². The van der Waals surface area contributed by atoms with Crippen LogP contribution in [0.4, 0.5) is 0 Å². The van der Waals surface area contributed by atoms with E-state index in [1.165, 1.54) is 7.11 Å². The van der Waals surface area contributed by atoms with Crippen LogP contribution in [0.3, 0.4) is 0 Å². The summed E-state index contributed by atoms with van der Waals surface area (Å²) in [5, 5.41) is 23.2. The summed E-state index contributed by atoms with van der Waals surface area (Å²) in [7, 11) is 1.34. The van der Waals surface area contributed by atoms with Crippen LogP contribution in [0.25, 0.3) is 11.0 Å². The number of hydrogen-bond acceptors (Lipinski definition) is 6. The minimum absolute atomic E-state index is 0.00877. The molecule has 7 nitrogen and oxygen atoms in total. The number of rotatable bonds is 8. The second-order valence-electron chi connectivity index (χ2n) is 6.86. The maximum Gasteiger partial charge on any atom is 0.475 e. The van der Waals surface area contributed by atoms with Crippen molar-refractivity contribution in [3.63, 3.8) is 0 Å². The Bertz CT molecular complexity index is 1000. The highest BCUT2D eigenvalue weighted by Crippen LogP contribution is 2.26. The zero-order valence-electron chi connectivity index (χ0n) is 16.6. The minimum Gasteiger partial charge on any atom is -0.497 e. The molecule has 0 fully saturated rings. The number of benzene rings is 2. The first-order chi connectivity index (χ1) is 13.9. The summed E-state index contributed by atoms with van der Waals surface area (Å²) in [5.74, 6) is -0.0926. The standard InChI is InChI=1S/C21H24BNO6/c1-13-5-4-6-17-15(12-29-21(13)17)10-19(22(25)26)23-20(24)11-14-9-16(27-2)7-8-18(14)28-3/h4-9,12,19,25-26H,10-11H2,1-3H3,(H,23,24). The van der Waals surface area contributed by atoms with Crippen molar-refractivity contribution in [2.24, 2.45) is 0 Å². The lowest BCUT2D eigenvalue weighted by atomic mass is 9.75. The lowest BCUT2D eigenvalue weighted by molar-refractivity contribution is -0.120. The van der Waals surface area contributed by atoms with Crippen LogP contribution < -0.4 is 14.8 Å². The molecule has 29 heavy (non-hydrogen) atoms. The molecule has 0 aliphatic carbocycles. The summed E-state index contributed by atoms with van der Waals surface area (Å²) >= 11 is 0. The number of aryl methyl sites for hydroxylation is 1. The number of furan rings is 1. The van der Waals surface area contributed by atoms with Crippen molar-refractivity contribution in [3.8, 4) is 11.5 Å². The second-order valence-corrected chi connectivity index (χ2v) is 6.86. The van der Waals surface area contributed by atoms with Crippen molar-refractivity contribution >= 4 is 24.0 Å². The van der Waals surface area contributed by atoms with Crippen LogP contribution in [0, 0.1) is 6.92 Å². The molecule has 3 rings (SSSR count). The van der Waals surface area contributed by atoms with Crippen molar-refractivity contribution < 1.29 is 28.7 Å². The molecule has 1 atom stereocenters. The minimum atomic E-state index is -1.72. The predicted molar refractivity (Wildman–Crippen MR) is 110 cm³/mol. The summed E-state index contributed by atoms with van der Waals surface area (Å²) in [6.07, 6.45) is 1.81. The predicted octanol–water partition coefficient (Wildman–Crippen LogP) is 2.04. The molecular weight excluding hydrogens is 373 g/mol. The molecule has 8 heteroatoms. The molecule has 0 aliphatic rings. The summed E-state index contributed by atoms with van der Waals surface area (Å²) in [6, 6.07) is 10.9. The third-order valence-electron chi connectivity index (χ3n) is 4.86. The van der Waals surface area contributed by atoms with E-state index in [1.54, 1.807) is 31.6 Å². The number of carbonyl (C=O) groups is 1. The van der Waals surface area contributed by atoms with E-state index in [0.29, 0.717) is 17.1 Å². The first-order valence-corrected chi connectivity index (χ1v) is 9.25. The van der Waals surface area contributed by atoms with Gasteiger partial charge in [0, 0.05) is 10.9 Å². The number of nitrogens with one attached hydrogen (secondary N) is 1. The van der Waals surface area contributed by atoms with Crippen LogP contribution in [-0.2, 0) is 17.6 Å². The van der Waals surface area contributed by atoms with Crippen LogP contribution in [0.5, 0.6) is 11.5 Å². The number of methoxy groups -OCH3 is 2. The van der Waals surface area contributed by atoms with E-state index < -0.39 is 13.1 Å². The largest absolute Gasteiger partial charge is 0.497 e. The first-order valence-electron chi connectivity index (χ1n) is 9.25.